The van der Waals surface area contributed by atoms with Crippen molar-refractivity contribution in [3.8, 4) is 0 Å². The summed E-state index contributed by atoms with van der Waals surface area (Å²) in [4.78, 5) is 15.0. The van der Waals surface area contributed by atoms with E-state index in [9.17, 15) is 4.79 Å². The van der Waals surface area contributed by atoms with Gasteiger partial charge in [-0.2, -0.15) is 0 Å². The molecule has 0 aliphatic heterocycles. The first-order chi connectivity index (χ1) is 6.86. The molecule has 0 saturated carbocycles. The quantitative estimate of drug-likeness (QED) is 0.807. The van der Waals surface area contributed by atoms with Gasteiger partial charge in [0.05, 0.1) is 5.56 Å². The van der Waals surface area contributed by atoms with Crippen molar-refractivity contribution in [3.63, 3.8) is 0 Å². The van der Waals surface area contributed by atoms with Crippen LogP contribution in [0.1, 0.15) is 42.4 Å². The molecule has 1 heterocycles. The minimum absolute atomic E-state index is 0.0885. The highest BCUT2D eigenvalue weighted by atomic mass is 16.4. The zero-order valence-corrected chi connectivity index (χ0v) is 9.24. The second-order valence-electron chi connectivity index (χ2n) is 4.42. The van der Waals surface area contributed by atoms with Gasteiger partial charge < -0.3 is 5.11 Å². The number of carbonyl (C=O) groups is 1. The van der Waals surface area contributed by atoms with Crippen LogP contribution in [0.2, 0.25) is 0 Å². The average Bonchev–Trinajstić information content (AvgIpc) is 2.15. The third kappa shape index (κ3) is 2.43. The standard InChI is InChI=1S/C12H15NO2/c1-5-8-6-10(12(2,3)4)13-7-9(8)11(14)15/h5-7H,1H2,2-4H3,(H,14,15). The van der Waals surface area contributed by atoms with Crippen molar-refractivity contribution in [1.29, 1.82) is 0 Å². The highest BCUT2D eigenvalue weighted by Gasteiger charge is 2.18. The van der Waals surface area contributed by atoms with Crippen LogP contribution in [0.4, 0.5) is 0 Å². The zero-order chi connectivity index (χ0) is 11.6. The van der Waals surface area contributed by atoms with Gasteiger partial charge in [0.1, 0.15) is 0 Å². The van der Waals surface area contributed by atoms with Gasteiger partial charge in [0, 0.05) is 17.3 Å². The second kappa shape index (κ2) is 3.85. The van der Waals surface area contributed by atoms with Crippen LogP contribution in [0.25, 0.3) is 6.08 Å². The molecule has 0 radical (unpaired) electrons. The van der Waals surface area contributed by atoms with E-state index in [1.807, 2.05) is 20.8 Å². The van der Waals surface area contributed by atoms with E-state index in [0.717, 1.165) is 5.69 Å². The summed E-state index contributed by atoms with van der Waals surface area (Å²) >= 11 is 0. The zero-order valence-electron chi connectivity index (χ0n) is 9.24. The first-order valence-electron chi connectivity index (χ1n) is 4.72. The maximum atomic E-state index is 10.9. The van der Waals surface area contributed by atoms with Crippen molar-refractivity contribution in [2.45, 2.75) is 26.2 Å². The molecule has 0 fully saturated rings. The van der Waals surface area contributed by atoms with E-state index in [1.165, 1.54) is 6.20 Å². The van der Waals surface area contributed by atoms with Crippen molar-refractivity contribution in [3.05, 3.63) is 35.7 Å². The van der Waals surface area contributed by atoms with Crippen LogP contribution < -0.4 is 0 Å². The summed E-state index contributed by atoms with van der Waals surface area (Å²) in [5.41, 5.74) is 1.58. The van der Waals surface area contributed by atoms with Crippen molar-refractivity contribution in [2.75, 3.05) is 0 Å². The summed E-state index contributed by atoms with van der Waals surface area (Å²) < 4.78 is 0. The molecule has 0 aliphatic rings. The third-order valence-electron chi connectivity index (χ3n) is 2.15. The summed E-state index contributed by atoms with van der Waals surface area (Å²) in [7, 11) is 0. The number of aromatic carboxylic acids is 1. The molecule has 0 amide bonds. The molecule has 0 saturated heterocycles. The monoisotopic (exact) mass is 205 g/mol. The predicted octanol–water partition coefficient (Wildman–Crippen LogP) is 2.72. The van der Waals surface area contributed by atoms with Gasteiger partial charge >= 0.3 is 5.97 Å². The van der Waals surface area contributed by atoms with E-state index < -0.39 is 5.97 Å². The molecule has 3 nitrogen and oxygen atoms in total. The van der Waals surface area contributed by atoms with Gasteiger partial charge in [-0.3, -0.25) is 4.98 Å². The fraction of sp³-hybridized carbons (Fsp3) is 0.333. The largest absolute Gasteiger partial charge is 0.478 e. The molecule has 0 unspecified atom stereocenters. The van der Waals surface area contributed by atoms with Crippen LogP contribution in [-0.2, 0) is 5.41 Å². The molecular weight excluding hydrogens is 190 g/mol. The lowest BCUT2D eigenvalue weighted by atomic mass is 9.90. The third-order valence-corrected chi connectivity index (χ3v) is 2.15. The number of hydrogen-bond donors (Lipinski definition) is 1. The molecule has 1 aromatic heterocycles. The molecule has 0 spiro atoms. The Morgan fingerprint density at radius 2 is 2.13 bits per heavy atom. The number of nitrogens with zero attached hydrogens (tertiary/aromatic N) is 1. The van der Waals surface area contributed by atoms with E-state index in [1.54, 1.807) is 12.1 Å². The van der Waals surface area contributed by atoms with E-state index in [-0.39, 0.29) is 11.0 Å². The number of hydrogen-bond acceptors (Lipinski definition) is 2. The summed E-state index contributed by atoms with van der Waals surface area (Å²) in [6.45, 7) is 9.70. The van der Waals surface area contributed by atoms with Crippen LogP contribution in [0.5, 0.6) is 0 Å². The minimum atomic E-state index is -0.974. The van der Waals surface area contributed by atoms with Gasteiger partial charge in [0.25, 0.3) is 0 Å². The number of rotatable bonds is 2. The van der Waals surface area contributed by atoms with Gasteiger partial charge in [-0.05, 0) is 11.6 Å². The summed E-state index contributed by atoms with van der Waals surface area (Å²) in [6, 6.07) is 1.77. The number of aromatic nitrogens is 1. The molecule has 80 valence electrons. The van der Waals surface area contributed by atoms with Crippen molar-refractivity contribution in [2.24, 2.45) is 0 Å². The van der Waals surface area contributed by atoms with Crippen molar-refractivity contribution >= 4 is 12.0 Å². The Kier molecular flexibility index (Phi) is 2.93. The molecule has 0 atom stereocenters. The number of carboxylic acids is 1. The molecule has 1 aromatic rings. The van der Waals surface area contributed by atoms with Gasteiger partial charge in [-0.25, -0.2) is 4.79 Å². The summed E-state index contributed by atoms with van der Waals surface area (Å²) in [6.07, 6.45) is 2.93. The average molecular weight is 205 g/mol. The lowest BCUT2D eigenvalue weighted by Gasteiger charge is -2.18. The Hall–Kier alpha value is -1.64. The Morgan fingerprint density at radius 3 is 2.53 bits per heavy atom. The first-order valence-corrected chi connectivity index (χ1v) is 4.72. The van der Waals surface area contributed by atoms with Crippen LogP contribution in [-0.4, -0.2) is 16.1 Å². The molecule has 0 aromatic carbocycles. The highest BCUT2D eigenvalue weighted by Crippen LogP contribution is 2.22. The maximum absolute atomic E-state index is 10.9. The molecule has 0 aliphatic carbocycles. The topological polar surface area (TPSA) is 50.2 Å². The fourth-order valence-electron chi connectivity index (χ4n) is 1.23. The Morgan fingerprint density at radius 1 is 1.53 bits per heavy atom. The molecule has 1 N–H and O–H groups in total. The molecule has 0 bridgehead atoms. The molecule has 1 rings (SSSR count). The summed E-state index contributed by atoms with van der Waals surface area (Å²) in [5.74, 6) is -0.974. The Labute approximate surface area is 89.5 Å². The second-order valence-corrected chi connectivity index (χ2v) is 4.42. The van der Waals surface area contributed by atoms with Crippen molar-refractivity contribution < 1.29 is 9.90 Å². The Bertz CT molecular complexity index is 403. The lowest BCUT2D eigenvalue weighted by molar-refractivity contribution is 0.0696. The normalized spacial score (nSPS) is 11.1. The molecular formula is C12H15NO2. The molecule has 15 heavy (non-hydrogen) atoms. The van der Waals surface area contributed by atoms with Crippen LogP contribution >= 0.6 is 0 Å². The Balaban J connectivity index is 3.31. The van der Waals surface area contributed by atoms with Gasteiger partial charge in [0.2, 0.25) is 0 Å². The van der Waals surface area contributed by atoms with E-state index in [2.05, 4.69) is 11.6 Å². The van der Waals surface area contributed by atoms with E-state index in [0.29, 0.717) is 5.56 Å². The number of pyridine rings is 1. The SMILES string of the molecule is C=Cc1cc(C(C)(C)C)ncc1C(=O)O. The minimum Gasteiger partial charge on any atom is -0.478 e. The smallest absolute Gasteiger partial charge is 0.337 e. The highest BCUT2D eigenvalue weighted by molar-refractivity contribution is 5.91. The lowest BCUT2D eigenvalue weighted by Crippen LogP contribution is -2.15. The van der Waals surface area contributed by atoms with Crippen LogP contribution in [0, 0.1) is 0 Å². The maximum Gasteiger partial charge on any atom is 0.337 e. The van der Waals surface area contributed by atoms with Crippen LogP contribution in [0.15, 0.2) is 18.8 Å². The summed E-state index contributed by atoms with van der Waals surface area (Å²) in [5, 5.41) is 8.90. The van der Waals surface area contributed by atoms with Gasteiger partial charge in [-0.1, -0.05) is 33.4 Å². The van der Waals surface area contributed by atoms with E-state index >= 15 is 0 Å². The van der Waals surface area contributed by atoms with Gasteiger partial charge in [0.15, 0.2) is 0 Å². The van der Waals surface area contributed by atoms with Gasteiger partial charge in [-0.15, -0.1) is 0 Å². The fourth-order valence-corrected chi connectivity index (χ4v) is 1.23. The predicted molar refractivity (Wildman–Crippen MR) is 60.0 cm³/mol. The van der Waals surface area contributed by atoms with E-state index in [4.69, 9.17) is 5.11 Å². The first kappa shape index (κ1) is 11.4. The van der Waals surface area contributed by atoms with Crippen molar-refractivity contribution in [1.82, 2.24) is 4.98 Å². The molecule has 3 heteroatoms. The van der Waals surface area contributed by atoms with Crippen LogP contribution in [0.3, 0.4) is 0 Å². The number of carboxylic acid groups (broad SMARTS) is 1.